The van der Waals surface area contributed by atoms with Gasteiger partial charge in [-0.25, -0.2) is 0 Å². The Bertz CT molecular complexity index is 365. The van der Waals surface area contributed by atoms with Crippen LogP contribution in [-0.4, -0.2) is 6.54 Å². The molecule has 0 bridgehead atoms. The number of nitrogens with zero attached hydrogens (tertiary/aromatic N) is 3. The molecule has 0 unspecified atom stereocenters. The molecule has 0 spiro atoms. The monoisotopic (exact) mass is 247 g/mol. The van der Waals surface area contributed by atoms with Gasteiger partial charge < -0.3 is 0 Å². The Balaban J connectivity index is 3.89. The Morgan fingerprint density at radius 1 is 0.944 bits per heavy atom. The highest BCUT2D eigenvalue weighted by Gasteiger charge is 1.91. The van der Waals surface area contributed by atoms with Crippen molar-refractivity contribution in [1.29, 1.82) is 0 Å². The second-order valence-corrected chi connectivity index (χ2v) is 4.87. The van der Waals surface area contributed by atoms with Gasteiger partial charge in [0, 0.05) is 11.5 Å². The van der Waals surface area contributed by atoms with Crippen LogP contribution in [0.5, 0.6) is 0 Å². The second kappa shape index (κ2) is 10.7. The lowest BCUT2D eigenvalue weighted by atomic mass is 10.1. The highest BCUT2D eigenvalue weighted by atomic mass is 15.1. The first kappa shape index (κ1) is 16.5. The number of hydrogen-bond acceptors (Lipinski definition) is 1. The van der Waals surface area contributed by atoms with Crippen LogP contribution in [0.4, 0.5) is 0 Å². The molecule has 0 atom stereocenters. The average Bonchev–Trinajstić information content (AvgIpc) is 2.29. The first-order valence-electron chi connectivity index (χ1n) is 6.51. The van der Waals surface area contributed by atoms with E-state index >= 15 is 0 Å². The maximum absolute atomic E-state index is 8.16. The molecule has 0 radical (unpaired) electrons. The van der Waals surface area contributed by atoms with Crippen molar-refractivity contribution < 1.29 is 0 Å². The van der Waals surface area contributed by atoms with Crippen molar-refractivity contribution in [2.24, 2.45) is 5.11 Å². The van der Waals surface area contributed by atoms with Gasteiger partial charge in [0.05, 0.1) is 0 Å². The zero-order chi connectivity index (χ0) is 13.8. The van der Waals surface area contributed by atoms with E-state index in [0.717, 1.165) is 25.7 Å². The summed E-state index contributed by atoms with van der Waals surface area (Å²) < 4.78 is 0. The molecule has 0 saturated heterocycles. The van der Waals surface area contributed by atoms with Crippen molar-refractivity contribution in [3.63, 3.8) is 0 Å². The normalized spacial score (nSPS) is 12.0. The molecule has 0 fully saturated rings. The maximum Gasteiger partial charge on any atom is 0.0442 e. The summed E-state index contributed by atoms with van der Waals surface area (Å²) in [4.78, 5) is 2.73. The van der Waals surface area contributed by atoms with Gasteiger partial charge in [0.25, 0.3) is 0 Å². The maximum atomic E-state index is 8.16. The smallest absolute Gasteiger partial charge is 0.0442 e. The number of rotatable bonds is 8. The van der Waals surface area contributed by atoms with Crippen molar-refractivity contribution in [2.45, 2.75) is 53.4 Å². The predicted octanol–water partition coefficient (Wildman–Crippen LogP) is 5.72. The first-order valence-corrected chi connectivity index (χ1v) is 6.51. The molecule has 0 aliphatic rings. The fraction of sp³-hybridized carbons (Fsp3) is 0.600. The molecule has 0 saturated carbocycles. The fourth-order valence-electron chi connectivity index (χ4n) is 1.57. The third-order valence-corrected chi connectivity index (χ3v) is 2.71. The highest BCUT2D eigenvalue weighted by Crippen LogP contribution is 2.11. The summed E-state index contributed by atoms with van der Waals surface area (Å²) in [7, 11) is 0. The van der Waals surface area contributed by atoms with Crippen LogP contribution in [0.15, 0.2) is 40.1 Å². The van der Waals surface area contributed by atoms with E-state index in [1.165, 1.54) is 16.7 Å². The Morgan fingerprint density at radius 2 is 1.50 bits per heavy atom. The van der Waals surface area contributed by atoms with E-state index in [0.29, 0.717) is 6.54 Å². The van der Waals surface area contributed by atoms with Crippen LogP contribution >= 0.6 is 0 Å². The van der Waals surface area contributed by atoms with Gasteiger partial charge in [-0.3, -0.25) is 0 Å². The van der Waals surface area contributed by atoms with Crippen molar-refractivity contribution in [3.05, 3.63) is 45.4 Å². The predicted molar refractivity (Wildman–Crippen MR) is 79.4 cm³/mol. The Morgan fingerprint density at radius 3 is 2.06 bits per heavy atom. The first-order chi connectivity index (χ1) is 8.56. The van der Waals surface area contributed by atoms with Gasteiger partial charge in [-0.15, -0.1) is 0 Å². The largest absolute Gasteiger partial charge is 0.0899 e. The topological polar surface area (TPSA) is 48.8 Å². The van der Waals surface area contributed by atoms with Crippen LogP contribution in [0.25, 0.3) is 10.4 Å². The molecule has 3 heteroatoms. The van der Waals surface area contributed by atoms with E-state index < -0.39 is 0 Å². The van der Waals surface area contributed by atoms with Gasteiger partial charge in [-0.1, -0.05) is 40.1 Å². The average molecular weight is 247 g/mol. The summed E-state index contributed by atoms with van der Waals surface area (Å²) in [5.41, 5.74) is 12.3. The fourth-order valence-corrected chi connectivity index (χ4v) is 1.57. The van der Waals surface area contributed by atoms with E-state index in [4.69, 9.17) is 5.53 Å². The second-order valence-electron chi connectivity index (χ2n) is 4.87. The molecule has 0 rings (SSSR count). The lowest BCUT2D eigenvalue weighted by Gasteiger charge is -2.00. The van der Waals surface area contributed by atoms with Crippen molar-refractivity contribution in [1.82, 2.24) is 0 Å². The summed E-state index contributed by atoms with van der Waals surface area (Å²) in [6, 6.07) is 0. The van der Waals surface area contributed by atoms with Crippen molar-refractivity contribution in [2.75, 3.05) is 6.54 Å². The standard InChI is InChI=1S/C15H25N3/c1-13(2)7-5-8-14(3)9-6-10-15(4)11-12-17-18-16/h7,9,11H,5-6,8,10,12H2,1-4H3. The molecule has 0 amide bonds. The molecule has 3 nitrogen and oxygen atoms in total. The highest BCUT2D eigenvalue weighted by molar-refractivity contribution is 5.05. The quantitative estimate of drug-likeness (QED) is 0.228. The molecule has 0 N–H and O–H groups in total. The van der Waals surface area contributed by atoms with Gasteiger partial charge >= 0.3 is 0 Å². The molecule has 0 aromatic carbocycles. The summed E-state index contributed by atoms with van der Waals surface area (Å²) in [6.07, 6.45) is 11.0. The molecule has 0 aliphatic carbocycles. The van der Waals surface area contributed by atoms with Crippen LogP contribution in [0.3, 0.4) is 0 Å². The van der Waals surface area contributed by atoms with Gasteiger partial charge in [-0.05, 0) is 58.9 Å². The minimum absolute atomic E-state index is 0.464. The summed E-state index contributed by atoms with van der Waals surface area (Å²) >= 11 is 0. The molecular formula is C15H25N3. The third-order valence-electron chi connectivity index (χ3n) is 2.71. The number of allylic oxidation sites excluding steroid dienone is 5. The van der Waals surface area contributed by atoms with Crippen LogP contribution in [0.1, 0.15) is 53.4 Å². The lowest BCUT2D eigenvalue weighted by Crippen LogP contribution is -1.81. The lowest BCUT2D eigenvalue weighted by molar-refractivity contribution is 0.914. The van der Waals surface area contributed by atoms with Crippen LogP contribution in [0.2, 0.25) is 0 Å². The van der Waals surface area contributed by atoms with Crippen LogP contribution in [-0.2, 0) is 0 Å². The molecule has 0 aromatic heterocycles. The third kappa shape index (κ3) is 11.0. The van der Waals surface area contributed by atoms with Gasteiger partial charge in [-0.2, -0.15) is 0 Å². The van der Waals surface area contributed by atoms with E-state index in [2.05, 4.69) is 49.9 Å². The van der Waals surface area contributed by atoms with E-state index in [1.54, 1.807) is 0 Å². The van der Waals surface area contributed by atoms with Crippen molar-refractivity contribution in [3.8, 4) is 0 Å². The molecule has 0 aromatic rings. The van der Waals surface area contributed by atoms with Gasteiger partial charge in [0.1, 0.15) is 0 Å². The SMILES string of the molecule is CC(C)=CCCC(C)=CCCC(C)=CCN=[N+]=[N-]. The molecule has 0 heterocycles. The van der Waals surface area contributed by atoms with E-state index in [-0.39, 0.29) is 0 Å². The van der Waals surface area contributed by atoms with Gasteiger partial charge in [0.2, 0.25) is 0 Å². The summed E-state index contributed by atoms with van der Waals surface area (Å²) in [5.74, 6) is 0. The van der Waals surface area contributed by atoms with E-state index in [1.807, 2.05) is 6.08 Å². The summed E-state index contributed by atoms with van der Waals surface area (Å²) in [6.45, 7) is 9.01. The minimum Gasteiger partial charge on any atom is -0.0899 e. The van der Waals surface area contributed by atoms with Gasteiger partial charge in [0.15, 0.2) is 0 Å². The number of hydrogen-bond donors (Lipinski definition) is 0. The van der Waals surface area contributed by atoms with Crippen molar-refractivity contribution >= 4 is 0 Å². The van der Waals surface area contributed by atoms with E-state index in [9.17, 15) is 0 Å². The summed E-state index contributed by atoms with van der Waals surface area (Å²) in [5, 5.41) is 3.49. The van der Waals surface area contributed by atoms with Crippen LogP contribution in [0, 0.1) is 0 Å². The Kier molecular flexibility index (Phi) is 9.80. The van der Waals surface area contributed by atoms with Crippen LogP contribution < -0.4 is 0 Å². The molecule has 100 valence electrons. The number of azide groups is 1. The zero-order valence-electron chi connectivity index (χ0n) is 12.1. The Hall–Kier alpha value is -1.47. The molecule has 0 aliphatic heterocycles. The Labute approximate surface area is 111 Å². The zero-order valence-corrected chi connectivity index (χ0v) is 12.1. The molecular weight excluding hydrogens is 222 g/mol. The minimum atomic E-state index is 0.464. The molecule has 18 heavy (non-hydrogen) atoms.